The van der Waals surface area contributed by atoms with Gasteiger partial charge >= 0.3 is 0 Å². The van der Waals surface area contributed by atoms with E-state index in [2.05, 4.69) is 24.3 Å². The van der Waals surface area contributed by atoms with Crippen molar-refractivity contribution in [2.45, 2.75) is 39.2 Å². The molecule has 1 rings (SSSR count). The summed E-state index contributed by atoms with van der Waals surface area (Å²) in [5.74, 6) is 0. The molecule has 0 aromatic carbocycles. The maximum absolute atomic E-state index is 5.28. The van der Waals surface area contributed by atoms with E-state index < -0.39 is 0 Å². The average molecular weight is 186 g/mol. The second-order valence-corrected chi connectivity index (χ2v) is 3.77. The molecule has 0 saturated carbocycles. The van der Waals surface area contributed by atoms with Crippen LogP contribution in [0, 0.1) is 0 Å². The fraction of sp³-hybridized carbons (Fsp3) is 1.00. The molecule has 78 valence electrons. The Morgan fingerprint density at radius 1 is 1.38 bits per heavy atom. The summed E-state index contributed by atoms with van der Waals surface area (Å²) in [6, 6.07) is 0.609. The Bertz CT molecular complexity index is 124. The number of hydrogen-bond donors (Lipinski definition) is 1. The van der Waals surface area contributed by atoms with Gasteiger partial charge in [-0.1, -0.05) is 19.8 Å². The summed E-state index contributed by atoms with van der Waals surface area (Å²) in [5.41, 5.74) is 3.51. The van der Waals surface area contributed by atoms with Crippen LogP contribution >= 0.6 is 0 Å². The van der Waals surface area contributed by atoms with E-state index in [0.29, 0.717) is 6.04 Å². The third-order valence-corrected chi connectivity index (χ3v) is 2.40. The van der Waals surface area contributed by atoms with Gasteiger partial charge in [-0.3, -0.25) is 5.43 Å². The summed E-state index contributed by atoms with van der Waals surface area (Å²) < 4.78 is 5.28. The van der Waals surface area contributed by atoms with Crippen LogP contribution in [0.2, 0.25) is 0 Å². The van der Waals surface area contributed by atoms with E-state index in [1.165, 1.54) is 19.3 Å². The van der Waals surface area contributed by atoms with Crippen molar-refractivity contribution in [1.29, 1.82) is 0 Å². The van der Waals surface area contributed by atoms with Crippen LogP contribution in [-0.2, 0) is 4.74 Å². The van der Waals surface area contributed by atoms with E-state index in [9.17, 15) is 0 Å². The Morgan fingerprint density at radius 3 is 2.69 bits per heavy atom. The molecular weight excluding hydrogens is 164 g/mol. The molecule has 0 spiro atoms. The summed E-state index contributed by atoms with van der Waals surface area (Å²) in [6.45, 7) is 8.28. The third kappa shape index (κ3) is 4.60. The highest BCUT2D eigenvalue weighted by molar-refractivity contribution is 4.62. The van der Waals surface area contributed by atoms with Gasteiger partial charge in [-0.25, -0.2) is 5.01 Å². The molecule has 0 aromatic heterocycles. The van der Waals surface area contributed by atoms with E-state index in [1.54, 1.807) is 0 Å². The summed E-state index contributed by atoms with van der Waals surface area (Å²) >= 11 is 0. The van der Waals surface area contributed by atoms with Gasteiger partial charge in [0.15, 0.2) is 0 Å². The Balaban J connectivity index is 2.07. The maximum Gasteiger partial charge on any atom is 0.0608 e. The predicted octanol–water partition coefficient (Wildman–Crippen LogP) is 1.40. The molecule has 1 aliphatic heterocycles. The molecule has 0 aliphatic carbocycles. The first-order chi connectivity index (χ1) is 6.33. The fourth-order valence-corrected chi connectivity index (χ4v) is 1.58. The molecule has 0 radical (unpaired) electrons. The Kier molecular flexibility index (Phi) is 5.35. The lowest BCUT2D eigenvalue weighted by Crippen LogP contribution is -2.49. The largest absolute Gasteiger partial charge is 0.379 e. The Morgan fingerprint density at radius 2 is 2.08 bits per heavy atom. The van der Waals surface area contributed by atoms with Gasteiger partial charge in [0.05, 0.1) is 13.2 Å². The van der Waals surface area contributed by atoms with Crippen molar-refractivity contribution in [3.63, 3.8) is 0 Å². The Labute approximate surface area is 81.4 Å². The molecule has 1 N–H and O–H groups in total. The molecule has 3 heteroatoms. The second kappa shape index (κ2) is 6.35. The molecule has 1 heterocycles. The lowest BCUT2D eigenvalue weighted by atomic mass is 10.1. The topological polar surface area (TPSA) is 24.5 Å². The van der Waals surface area contributed by atoms with E-state index in [-0.39, 0.29) is 0 Å². The van der Waals surface area contributed by atoms with Gasteiger partial charge in [-0.2, -0.15) is 0 Å². The predicted molar refractivity (Wildman–Crippen MR) is 54.5 cm³/mol. The van der Waals surface area contributed by atoms with Crippen molar-refractivity contribution in [3.05, 3.63) is 0 Å². The number of unbranched alkanes of at least 4 members (excludes halogenated alkanes) is 1. The molecule has 3 nitrogen and oxygen atoms in total. The number of nitrogens with zero attached hydrogens (tertiary/aromatic N) is 1. The van der Waals surface area contributed by atoms with Crippen LogP contribution in [0.3, 0.4) is 0 Å². The van der Waals surface area contributed by atoms with E-state index in [4.69, 9.17) is 4.74 Å². The number of hydrogen-bond acceptors (Lipinski definition) is 3. The number of nitrogens with one attached hydrogen (secondary N) is 1. The molecular formula is C10H22N2O. The second-order valence-electron chi connectivity index (χ2n) is 3.77. The number of morpholine rings is 1. The van der Waals surface area contributed by atoms with Crippen LogP contribution in [0.15, 0.2) is 0 Å². The van der Waals surface area contributed by atoms with Gasteiger partial charge in [0, 0.05) is 19.1 Å². The van der Waals surface area contributed by atoms with Crippen LogP contribution < -0.4 is 5.43 Å². The molecule has 1 atom stereocenters. The summed E-state index contributed by atoms with van der Waals surface area (Å²) in [6.07, 6.45) is 3.88. The Hall–Kier alpha value is -0.120. The first-order valence-electron chi connectivity index (χ1n) is 5.41. The zero-order chi connectivity index (χ0) is 9.52. The van der Waals surface area contributed by atoms with E-state index in [1.807, 2.05) is 0 Å². The highest BCUT2D eigenvalue weighted by Gasteiger charge is 2.11. The summed E-state index contributed by atoms with van der Waals surface area (Å²) in [5, 5.41) is 2.28. The van der Waals surface area contributed by atoms with Crippen molar-refractivity contribution in [3.8, 4) is 0 Å². The van der Waals surface area contributed by atoms with Gasteiger partial charge in [-0.15, -0.1) is 0 Å². The van der Waals surface area contributed by atoms with Gasteiger partial charge in [-0.05, 0) is 13.3 Å². The van der Waals surface area contributed by atoms with Gasteiger partial charge in [0.2, 0.25) is 0 Å². The zero-order valence-corrected chi connectivity index (χ0v) is 8.88. The van der Waals surface area contributed by atoms with Gasteiger partial charge < -0.3 is 4.74 Å². The lowest BCUT2D eigenvalue weighted by molar-refractivity contribution is 0.00428. The normalized spacial score (nSPS) is 21.7. The molecule has 0 amide bonds. The van der Waals surface area contributed by atoms with Gasteiger partial charge in [0.25, 0.3) is 0 Å². The van der Waals surface area contributed by atoms with Crippen molar-refractivity contribution in [2.24, 2.45) is 0 Å². The van der Waals surface area contributed by atoms with Crippen LogP contribution in [0.4, 0.5) is 0 Å². The summed E-state index contributed by atoms with van der Waals surface area (Å²) in [4.78, 5) is 0. The minimum absolute atomic E-state index is 0.609. The quantitative estimate of drug-likeness (QED) is 0.702. The fourth-order valence-electron chi connectivity index (χ4n) is 1.58. The third-order valence-electron chi connectivity index (χ3n) is 2.40. The highest BCUT2D eigenvalue weighted by atomic mass is 16.5. The highest BCUT2D eigenvalue weighted by Crippen LogP contribution is 2.01. The molecule has 1 unspecified atom stereocenters. The average Bonchev–Trinajstić information content (AvgIpc) is 2.16. The standard InChI is InChI=1S/C10H22N2O/c1-3-4-5-10(2)11-12-6-8-13-9-7-12/h10-11H,3-9H2,1-2H3. The van der Waals surface area contributed by atoms with Crippen molar-refractivity contribution >= 4 is 0 Å². The minimum atomic E-state index is 0.609. The molecule has 0 bridgehead atoms. The maximum atomic E-state index is 5.28. The number of ether oxygens (including phenoxy) is 1. The molecule has 1 saturated heterocycles. The molecule has 1 fully saturated rings. The molecule has 13 heavy (non-hydrogen) atoms. The molecule has 0 aromatic rings. The SMILES string of the molecule is CCCCC(C)NN1CCOCC1. The first-order valence-corrected chi connectivity index (χ1v) is 5.41. The van der Waals surface area contributed by atoms with Crippen molar-refractivity contribution in [1.82, 2.24) is 10.4 Å². The molecule has 1 aliphatic rings. The zero-order valence-electron chi connectivity index (χ0n) is 8.88. The van der Waals surface area contributed by atoms with E-state index in [0.717, 1.165) is 26.3 Å². The lowest BCUT2D eigenvalue weighted by Gasteiger charge is -2.30. The number of hydrazine groups is 1. The van der Waals surface area contributed by atoms with Crippen LogP contribution in [0.5, 0.6) is 0 Å². The summed E-state index contributed by atoms with van der Waals surface area (Å²) in [7, 11) is 0. The van der Waals surface area contributed by atoms with E-state index >= 15 is 0 Å². The monoisotopic (exact) mass is 186 g/mol. The van der Waals surface area contributed by atoms with Crippen molar-refractivity contribution in [2.75, 3.05) is 26.3 Å². The van der Waals surface area contributed by atoms with Crippen LogP contribution in [0.1, 0.15) is 33.1 Å². The first kappa shape index (κ1) is 11.0. The minimum Gasteiger partial charge on any atom is -0.379 e. The van der Waals surface area contributed by atoms with Crippen molar-refractivity contribution < 1.29 is 4.74 Å². The van der Waals surface area contributed by atoms with Crippen LogP contribution in [-0.4, -0.2) is 37.4 Å². The smallest absolute Gasteiger partial charge is 0.0608 e. The van der Waals surface area contributed by atoms with Gasteiger partial charge in [0.1, 0.15) is 0 Å². The van der Waals surface area contributed by atoms with Crippen LogP contribution in [0.25, 0.3) is 0 Å². The number of rotatable bonds is 5.